The van der Waals surface area contributed by atoms with Crippen molar-refractivity contribution < 1.29 is 9.53 Å². The zero-order valence-electron chi connectivity index (χ0n) is 23.2. The number of pyridine rings is 2. The predicted molar refractivity (Wildman–Crippen MR) is 158 cm³/mol. The fourth-order valence-corrected chi connectivity index (χ4v) is 5.57. The Hall–Kier alpha value is -3.99. The van der Waals surface area contributed by atoms with E-state index >= 15 is 0 Å². The van der Waals surface area contributed by atoms with Crippen LogP contribution in [0.2, 0.25) is 0 Å². The highest BCUT2D eigenvalue weighted by Crippen LogP contribution is 2.36. The number of anilines is 1. The second kappa shape index (κ2) is 12.2. The monoisotopic (exact) mass is 519 g/mol. The molecule has 5 rings (SSSR count). The number of ether oxygens (including phenoxy) is 1. The van der Waals surface area contributed by atoms with Crippen LogP contribution >= 0.6 is 0 Å². The molecule has 1 saturated carbocycles. The second-order valence-electron chi connectivity index (χ2n) is 10.5. The molecule has 1 aliphatic rings. The van der Waals surface area contributed by atoms with Crippen LogP contribution in [0.4, 0.5) is 5.69 Å². The zero-order valence-corrected chi connectivity index (χ0v) is 23.2. The van der Waals surface area contributed by atoms with Crippen LogP contribution in [0.15, 0.2) is 73.1 Å². The maximum Gasteiger partial charge on any atom is 0.255 e. The normalized spacial score (nSPS) is 13.7. The topological polar surface area (TPSA) is 64.1 Å². The molecule has 0 unspecified atom stereocenters. The van der Waals surface area contributed by atoms with E-state index in [0.29, 0.717) is 23.7 Å². The third kappa shape index (κ3) is 6.19. The number of aromatic nitrogens is 2. The summed E-state index contributed by atoms with van der Waals surface area (Å²) in [5, 5.41) is 3.13. The van der Waals surface area contributed by atoms with Gasteiger partial charge in [0.2, 0.25) is 0 Å². The number of methoxy groups -OCH3 is 1. The molecule has 0 atom stereocenters. The van der Waals surface area contributed by atoms with Gasteiger partial charge in [-0.05, 0) is 96.8 Å². The highest BCUT2D eigenvalue weighted by molar-refractivity contribution is 6.05. The Morgan fingerprint density at radius 2 is 1.82 bits per heavy atom. The van der Waals surface area contributed by atoms with E-state index in [1.165, 1.54) is 37.7 Å². The minimum atomic E-state index is -0.140. The van der Waals surface area contributed by atoms with Gasteiger partial charge in [-0.2, -0.15) is 0 Å². The summed E-state index contributed by atoms with van der Waals surface area (Å²) in [6.07, 6.45) is 11.5. The maximum absolute atomic E-state index is 13.5. The summed E-state index contributed by atoms with van der Waals surface area (Å²) >= 11 is 0. The van der Waals surface area contributed by atoms with E-state index in [1.54, 1.807) is 7.11 Å². The van der Waals surface area contributed by atoms with Gasteiger partial charge in [0, 0.05) is 35.6 Å². The van der Waals surface area contributed by atoms with Crippen LogP contribution in [0.3, 0.4) is 0 Å². The van der Waals surface area contributed by atoms with E-state index in [1.807, 2.05) is 48.8 Å². The van der Waals surface area contributed by atoms with Crippen molar-refractivity contribution in [2.45, 2.75) is 64.7 Å². The third-order valence-corrected chi connectivity index (χ3v) is 7.90. The third-order valence-electron chi connectivity index (χ3n) is 7.90. The molecule has 5 heteroatoms. The highest BCUT2D eigenvalue weighted by Gasteiger charge is 2.19. The first kappa shape index (κ1) is 26.6. The number of benzene rings is 2. The van der Waals surface area contributed by atoms with Gasteiger partial charge in [0.05, 0.1) is 18.5 Å². The number of hydrogen-bond acceptors (Lipinski definition) is 4. The molecule has 2 heterocycles. The number of nitrogens with one attached hydrogen (secondary N) is 1. The van der Waals surface area contributed by atoms with Crippen molar-refractivity contribution in [2.75, 3.05) is 12.4 Å². The summed E-state index contributed by atoms with van der Waals surface area (Å²) in [7, 11) is 1.64. The van der Waals surface area contributed by atoms with Crippen molar-refractivity contribution in [2.24, 2.45) is 0 Å². The minimum absolute atomic E-state index is 0.140. The number of carbonyl (C=O) groups excluding carboxylic acids is 1. The van der Waals surface area contributed by atoms with Gasteiger partial charge in [-0.3, -0.25) is 14.8 Å². The lowest BCUT2D eigenvalue weighted by atomic mass is 9.84. The largest absolute Gasteiger partial charge is 0.495 e. The average Bonchev–Trinajstić information content (AvgIpc) is 2.99. The quantitative estimate of drug-likeness (QED) is 0.257. The van der Waals surface area contributed by atoms with Gasteiger partial charge in [0.15, 0.2) is 0 Å². The molecule has 39 heavy (non-hydrogen) atoms. The number of carbonyl (C=O) groups is 1. The minimum Gasteiger partial charge on any atom is -0.495 e. The summed E-state index contributed by atoms with van der Waals surface area (Å²) < 4.78 is 5.59. The van der Waals surface area contributed by atoms with Crippen molar-refractivity contribution in [3.63, 3.8) is 0 Å². The van der Waals surface area contributed by atoms with Crippen LogP contribution in [0.5, 0.6) is 5.75 Å². The Morgan fingerprint density at radius 1 is 0.974 bits per heavy atom. The van der Waals surface area contributed by atoms with Crippen LogP contribution < -0.4 is 10.1 Å². The lowest BCUT2D eigenvalue weighted by molar-refractivity contribution is 0.102. The van der Waals surface area contributed by atoms with E-state index in [9.17, 15) is 4.79 Å². The van der Waals surface area contributed by atoms with Crippen LogP contribution in [0, 0.1) is 6.92 Å². The molecule has 1 amide bonds. The van der Waals surface area contributed by atoms with Crippen LogP contribution in [-0.2, 0) is 12.8 Å². The molecule has 4 aromatic rings. The summed E-state index contributed by atoms with van der Waals surface area (Å²) in [5.41, 5.74) is 9.07. The Kier molecular flexibility index (Phi) is 8.36. The second-order valence-corrected chi connectivity index (χ2v) is 10.5. The Bertz CT molecular complexity index is 1460. The molecule has 200 valence electrons. The summed E-state index contributed by atoms with van der Waals surface area (Å²) in [6, 6.07) is 20.4. The summed E-state index contributed by atoms with van der Waals surface area (Å²) in [4.78, 5) is 22.6. The first-order valence-corrected chi connectivity index (χ1v) is 14.0. The maximum atomic E-state index is 13.5. The molecular weight excluding hydrogens is 482 g/mol. The molecule has 5 nitrogen and oxygen atoms in total. The number of amides is 1. The van der Waals surface area contributed by atoms with Crippen molar-refractivity contribution in [3.05, 3.63) is 107 Å². The highest BCUT2D eigenvalue weighted by atomic mass is 16.5. The molecule has 0 bridgehead atoms. The number of aryl methyl sites for hydroxylation is 2. The van der Waals surface area contributed by atoms with Crippen molar-refractivity contribution in [3.8, 4) is 16.9 Å². The van der Waals surface area contributed by atoms with Gasteiger partial charge in [-0.1, -0.05) is 44.4 Å². The van der Waals surface area contributed by atoms with Gasteiger partial charge < -0.3 is 10.1 Å². The van der Waals surface area contributed by atoms with Gasteiger partial charge >= 0.3 is 0 Å². The molecule has 1 aliphatic carbocycles. The first-order chi connectivity index (χ1) is 19.1. The zero-order chi connectivity index (χ0) is 27.2. The number of hydrogen-bond donors (Lipinski definition) is 1. The Morgan fingerprint density at radius 3 is 2.62 bits per heavy atom. The molecule has 0 radical (unpaired) electrons. The average molecular weight is 520 g/mol. The van der Waals surface area contributed by atoms with Crippen molar-refractivity contribution >= 4 is 11.6 Å². The molecular formula is C34H37N3O2. The van der Waals surface area contributed by atoms with Crippen molar-refractivity contribution in [1.29, 1.82) is 0 Å². The summed E-state index contributed by atoms with van der Waals surface area (Å²) in [5.74, 6) is 1.09. The fraction of sp³-hybridized carbons (Fsp3) is 0.324. The lowest BCUT2D eigenvalue weighted by Crippen LogP contribution is -2.14. The number of nitrogens with zero attached hydrogens (tertiary/aromatic N) is 2. The first-order valence-electron chi connectivity index (χ1n) is 14.0. The Labute approximate surface area is 231 Å². The van der Waals surface area contributed by atoms with Gasteiger partial charge in [-0.25, -0.2) is 0 Å². The van der Waals surface area contributed by atoms with Crippen molar-refractivity contribution in [1.82, 2.24) is 9.97 Å². The fourth-order valence-electron chi connectivity index (χ4n) is 5.57. The smallest absolute Gasteiger partial charge is 0.255 e. The molecule has 1 N–H and O–H groups in total. The van der Waals surface area contributed by atoms with Crippen LogP contribution in [0.25, 0.3) is 11.1 Å². The summed E-state index contributed by atoms with van der Waals surface area (Å²) in [6.45, 7) is 4.19. The molecule has 2 aromatic heterocycles. The van der Waals surface area contributed by atoms with E-state index < -0.39 is 0 Å². The van der Waals surface area contributed by atoms with Crippen LogP contribution in [-0.4, -0.2) is 23.0 Å². The number of rotatable bonds is 8. The molecule has 0 aliphatic heterocycles. The molecule has 0 saturated heterocycles. The molecule has 0 spiro atoms. The van der Waals surface area contributed by atoms with E-state index in [4.69, 9.17) is 9.72 Å². The van der Waals surface area contributed by atoms with Gasteiger partial charge in [0.1, 0.15) is 5.75 Å². The standard InChI is InChI=1S/C34H37N3O2/c1-4-29-20-26(16-18-35-29)30-11-8-17-36-31(30)22-28-19-27(13-12-23(28)2)34(38)37-32-21-25(14-15-33(32)39-3)24-9-6-5-7-10-24/h8,11-21,24H,4-7,9-10,22H2,1-3H3,(H,37,38). The van der Waals surface area contributed by atoms with Gasteiger partial charge in [0.25, 0.3) is 5.91 Å². The molecule has 2 aromatic carbocycles. The Balaban J connectivity index is 1.40. The van der Waals surface area contributed by atoms with E-state index in [-0.39, 0.29) is 5.91 Å². The van der Waals surface area contributed by atoms with Crippen LogP contribution in [0.1, 0.15) is 83.4 Å². The predicted octanol–water partition coefficient (Wildman–Crippen LogP) is 7.91. The molecule has 1 fully saturated rings. The van der Waals surface area contributed by atoms with Gasteiger partial charge in [-0.15, -0.1) is 0 Å². The SMILES string of the molecule is CCc1cc(-c2cccnc2Cc2cc(C(=O)Nc3cc(C4CCCCC4)ccc3OC)ccc2C)ccn1. The van der Waals surface area contributed by atoms with E-state index in [0.717, 1.165) is 45.7 Å². The van der Waals surface area contributed by atoms with E-state index in [2.05, 4.69) is 48.4 Å². The lowest BCUT2D eigenvalue weighted by Gasteiger charge is -2.23.